The van der Waals surface area contributed by atoms with Gasteiger partial charge in [-0.05, 0) is 68.2 Å². The van der Waals surface area contributed by atoms with E-state index in [0.29, 0.717) is 23.6 Å². The second-order valence-corrected chi connectivity index (χ2v) is 9.85. The van der Waals surface area contributed by atoms with E-state index in [0.717, 1.165) is 28.9 Å². The van der Waals surface area contributed by atoms with E-state index in [1.54, 1.807) is 31.6 Å². The molecule has 4 rings (SSSR count). The Balaban J connectivity index is 1.65. The van der Waals surface area contributed by atoms with Gasteiger partial charge in [0.05, 0.1) is 29.7 Å². The summed E-state index contributed by atoms with van der Waals surface area (Å²) in [4.78, 5) is 4.61. The van der Waals surface area contributed by atoms with E-state index in [-0.39, 0.29) is 11.9 Å². The Morgan fingerprint density at radius 3 is 2.59 bits per heavy atom. The Hall–Kier alpha value is -2.97. The van der Waals surface area contributed by atoms with Crippen LogP contribution in [0.1, 0.15) is 42.6 Å². The van der Waals surface area contributed by atoms with Crippen LogP contribution >= 0.6 is 0 Å². The summed E-state index contributed by atoms with van der Waals surface area (Å²) in [5.41, 5.74) is 3.23. The van der Waals surface area contributed by atoms with Gasteiger partial charge in [0.2, 0.25) is 10.0 Å². The number of hydrogen-bond donors (Lipinski definition) is 0. The zero-order valence-electron chi connectivity index (χ0n) is 18.3. The number of aryl methyl sites for hydroxylation is 1. The van der Waals surface area contributed by atoms with Gasteiger partial charge in [-0.1, -0.05) is 18.2 Å². The molecule has 0 N–H and O–H groups in total. The van der Waals surface area contributed by atoms with Crippen molar-refractivity contribution in [1.82, 2.24) is 13.9 Å². The van der Waals surface area contributed by atoms with Gasteiger partial charge in [-0.3, -0.25) is 0 Å². The summed E-state index contributed by atoms with van der Waals surface area (Å²) in [6.45, 7) is 4.17. The van der Waals surface area contributed by atoms with Gasteiger partial charge in [-0.25, -0.2) is 17.8 Å². The van der Waals surface area contributed by atoms with Crippen molar-refractivity contribution in [2.75, 3.05) is 13.7 Å². The van der Waals surface area contributed by atoms with Crippen molar-refractivity contribution in [3.63, 3.8) is 0 Å². The fourth-order valence-electron chi connectivity index (χ4n) is 4.00. The highest BCUT2D eigenvalue weighted by molar-refractivity contribution is 7.93. The third-order valence-electron chi connectivity index (χ3n) is 5.75. The minimum absolute atomic E-state index is 0.341. The highest BCUT2D eigenvalue weighted by atomic mass is 32.2. The Morgan fingerprint density at radius 2 is 1.94 bits per heavy atom. The summed E-state index contributed by atoms with van der Waals surface area (Å²) in [6, 6.07) is 11.2. The summed E-state index contributed by atoms with van der Waals surface area (Å²) < 4.78 is 49.0. The van der Waals surface area contributed by atoms with Crippen LogP contribution in [-0.4, -0.2) is 35.9 Å². The second kappa shape index (κ2) is 8.88. The number of ether oxygens (including phenoxy) is 1. The van der Waals surface area contributed by atoms with Crippen molar-refractivity contribution in [2.45, 2.75) is 32.7 Å². The van der Waals surface area contributed by atoms with Crippen LogP contribution < -0.4 is 4.74 Å². The van der Waals surface area contributed by atoms with E-state index < -0.39 is 10.0 Å². The van der Waals surface area contributed by atoms with Crippen LogP contribution in [0.3, 0.4) is 0 Å². The summed E-state index contributed by atoms with van der Waals surface area (Å²) in [5.74, 6) is 0.285. The van der Waals surface area contributed by atoms with Gasteiger partial charge in [-0.2, -0.15) is 4.31 Å². The maximum absolute atomic E-state index is 13.4. The molecule has 3 aromatic rings. The molecule has 0 spiro atoms. The molecule has 32 heavy (non-hydrogen) atoms. The van der Waals surface area contributed by atoms with Gasteiger partial charge in [0.15, 0.2) is 0 Å². The summed E-state index contributed by atoms with van der Waals surface area (Å²) in [7, 11) is -2.07. The van der Waals surface area contributed by atoms with Gasteiger partial charge < -0.3 is 9.30 Å². The molecule has 1 atom stereocenters. The van der Waals surface area contributed by atoms with Crippen LogP contribution in [-0.2, 0) is 10.0 Å². The van der Waals surface area contributed by atoms with E-state index >= 15 is 0 Å². The lowest BCUT2D eigenvalue weighted by molar-refractivity contribution is 0.330. The van der Waals surface area contributed by atoms with Crippen molar-refractivity contribution < 1.29 is 17.5 Å². The Bertz CT molecular complexity index is 1250. The molecule has 6 nitrogen and oxygen atoms in total. The predicted molar refractivity (Wildman–Crippen MR) is 123 cm³/mol. The molecule has 1 aliphatic rings. The first kappa shape index (κ1) is 22.2. The van der Waals surface area contributed by atoms with E-state index in [9.17, 15) is 12.8 Å². The third-order valence-corrected chi connectivity index (χ3v) is 7.85. The first-order valence-electron chi connectivity index (χ1n) is 10.5. The van der Waals surface area contributed by atoms with Crippen LogP contribution in [0.5, 0.6) is 5.75 Å². The van der Waals surface area contributed by atoms with Crippen LogP contribution in [0.4, 0.5) is 4.39 Å². The van der Waals surface area contributed by atoms with Crippen LogP contribution in [0.2, 0.25) is 0 Å². The molecule has 1 fully saturated rings. The molecule has 0 saturated carbocycles. The molecule has 0 amide bonds. The molecule has 0 unspecified atom stereocenters. The smallest absolute Gasteiger partial charge is 0.239 e. The summed E-state index contributed by atoms with van der Waals surface area (Å²) in [6.07, 6.45) is 6.52. The maximum atomic E-state index is 13.4. The normalized spacial score (nSPS) is 18.6. The number of allylic oxidation sites excluding steroid dienone is 1. The predicted octanol–water partition coefficient (Wildman–Crippen LogP) is 4.86. The Kier molecular flexibility index (Phi) is 6.17. The van der Waals surface area contributed by atoms with Gasteiger partial charge in [0.1, 0.15) is 11.6 Å². The number of aromatic nitrogens is 2. The van der Waals surface area contributed by atoms with Gasteiger partial charge in [-0.15, -0.1) is 0 Å². The average Bonchev–Trinajstić information content (AvgIpc) is 3.21. The van der Waals surface area contributed by atoms with Crippen LogP contribution in [0, 0.1) is 12.7 Å². The zero-order chi connectivity index (χ0) is 22.9. The maximum Gasteiger partial charge on any atom is 0.239 e. The quantitative estimate of drug-likeness (QED) is 0.551. The summed E-state index contributed by atoms with van der Waals surface area (Å²) >= 11 is 0. The van der Waals surface area contributed by atoms with Gasteiger partial charge in [0, 0.05) is 18.8 Å². The van der Waals surface area contributed by atoms with Crippen molar-refractivity contribution in [1.29, 1.82) is 0 Å². The van der Waals surface area contributed by atoms with Crippen molar-refractivity contribution in [3.8, 4) is 11.4 Å². The molecule has 1 saturated heterocycles. The van der Waals surface area contributed by atoms with E-state index in [4.69, 9.17) is 4.74 Å². The van der Waals surface area contributed by atoms with Crippen molar-refractivity contribution in [3.05, 3.63) is 82.5 Å². The zero-order valence-corrected chi connectivity index (χ0v) is 19.1. The Labute approximate surface area is 188 Å². The van der Waals surface area contributed by atoms with Crippen LogP contribution in [0.15, 0.2) is 59.9 Å². The number of hydrogen-bond acceptors (Lipinski definition) is 4. The van der Waals surface area contributed by atoms with Gasteiger partial charge in [0.25, 0.3) is 0 Å². The van der Waals surface area contributed by atoms with Crippen molar-refractivity contribution >= 4 is 16.1 Å². The lowest BCUT2D eigenvalue weighted by Crippen LogP contribution is -2.38. The second-order valence-electron chi connectivity index (χ2n) is 7.91. The third kappa shape index (κ3) is 4.33. The molecular weight excluding hydrogens is 429 g/mol. The number of rotatable bonds is 5. The van der Waals surface area contributed by atoms with Gasteiger partial charge >= 0.3 is 0 Å². The minimum Gasteiger partial charge on any atom is -0.495 e. The molecule has 0 bridgehead atoms. The largest absolute Gasteiger partial charge is 0.495 e. The molecule has 1 aliphatic heterocycles. The lowest BCUT2D eigenvalue weighted by Gasteiger charge is -2.33. The number of sulfonamides is 1. The highest BCUT2D eigenvalue weighted by Gasteiger charge is 2.34. The number of halogens is 1. The Morgan fingerprint density at radius 1 is 1.19 bits per heavy atom. The molecule has 168 valence electrons. The number of imidazole rings is 1. The molecular formula is C24H26FN3O3S. The van der Waals surface area contributed by atoms with Crippen LogP contribution in [0.25, 0.3) is 11.8 Å². The molecule has 0 aliphatic carbocycles. The molecule has 2 aromatic carbocycles. The fourth-order valence-corrected chi connectivity index (χ4v) is 5.90. The number of benzene rings is 2. The van der Waals surface area contributed by atoms with E-state index in [1.165, 1.54) is 16.4 Å². The fraction of sp³-hybridized carbons (Fsp3) is 0.292. The van der Waals surface area contributed by atoms with E-state index in [1.807, 2.05) is 42.8 Å². The van der Waals surface area contributed by atoms with E-state index in [2.05, 4.69) is 4.98 Å². The lowest BCUT2D eigenvalue weighted by atomic mass is 10.1. The topological polar surface area (TPSA) is 64.4 Å². The number of nitrogens with zero attached hydrogens (tertiary/aromatic N) is 3. The molecule has 2 heterocycles. The molecule has 8 heteroatoms. The number of methoxy groups -OCH3 is 1. The molecule has 0 radical (unpaired) electrons. The minimum atomic E-state index is -3.65. The summed E-state index contributed by atoms with van der Waals surface area (Å²) in [5, 5.41) is 0. The first-order valence-corrected chi connectivity index (χ1v) is 11.9. The highest BCUT2D eigenvalue weighted by Crippen LogP contribution is 2.35. The monoisotopic (exact) mass is 455 g/mol. The first-order chi connectivity index (χ1) is 15.3. The molecule has 1 aromatic heterocycles. The average molecular weight is 456 g/mol. The van der Waals surface area contributed by atoms with Crippen molar-refractivity contribution in [2.24, 2.45) is 0 Å². The standard InChI is InChI=1S/C24H26FN3O3S/c1-17-15-27(16-26-17)23-11-6-19(14-24(23)31-3)13-22-5-4-12-28(32(22,29)30)18(2)20-7-9-21(25)10-8-20/h6-11,13-16,18H,4-5,12H2,1-3H3/b22-13+/t18-/m0/s1. The SMILES string of the molecule is COc1cc(/C=C2\CCCN([C@@H](C)c3ccc(F)cc3)S2(=O)=O)ccc1-n1cnc(C)c1.